The van der Waals surface area contributed by atoms with E-state index in [9.17, 15) is 0 Å². The highest BCUT2D eigenvalue weighted by atomic mass is 15.1. The van der Waals surface area contributed by atoms with Crippen LogP contribution in [0.3, 0.4) is 0 Å². The minimum Gasteiger partial charge on any atom is -0.363 e. The number of hydrogen-bond donors (Lipinski definition) is 0. The van der Waals surface area contributed by atoms with Crippen molar-refractivity contribution < 1.29 is 0 Å². The Morgan fingerprint density at radius 2 is 0.818 bits per heavy atom. The van der Waals surface area contributed by atoms with Gasteiger partial charge in [-0.15, -0.1) is 0 Å². The van der Waals surface area contributed by atoms with Gasteiger partial charge in [-0.05, 0) is 45.5 Å². The van der Waals surface area contributed by atoms with Crippen LogP contribution < -0.4 is 4.90 Å². The molecule has 0 aliphatic carbocycles. The highest BCUT2D eigenvalue weighted by molar-refractivity contribution is 5.64. The molecule has 2 heteroatoms. The van der Waals surface area contributed by atoms with Crippen molar-refractivity contribution in [2.75, 3.05) is 4.90 Å². The number of aromatic nitrogens is 1. The molecular formula is C31H26N2. The largest absolute Gasteiger partial charge is 0.363 e. The summed E-state index contributed by atoms with van der Waals surface area (Å²) in [6.07, 6.45) is 3.72. The van der Waals surface area contributed by atoms with E-state index in [1.807, 2.05) is 12.4 Å². The van der Waals surface area contributed by atoms with Gasteiger partial charge in [0.1, 0.15) is 0 Å². The maximum Gasteiger partial charge on any atom is 0.0433 e. The van der Waals surface area contributed by atoms with Crippen molar-refractivity contribution in [2.24, 2.45) is 0 Å². The molecule has 0 amide bonds. The Kier molecular flexibility index (Phi) is 6.26. The van der Waals surface area contributed by atoms with Gasteiger partial charge >= 0.3 is 0 Å². The van der Waals surface area contributed by atoms with Crippen LogP contribution in [0.4, 0.5) is 5.69 Å². The zero-order valence-corrected chi connectivity index (χ0v) is 18.5. The molecular weight excluding hydrogens is 400 g/mol. The summed E-state index contributed by atoms with van der Waals surface area (Å²) in [5.74, 6) is 0. The lowest BCUT2D eigenvalue weighted by atomic mass is 10.0. The van der Waals surface area contributed by atoms with Gasteiger partial charge in [-0.25, -0.2) is 0 Å². The van der Waals surface area contributed by atoms with Crippen LogP contribution in [0.5, 0.6) is 0 Å². The molecule has 0 radical (unpaired) electrons. The number of rotatable bonds is 7. The van der Waals surface area contributed by atoms with Crippen LogP contribution in [-0.4, -0.2) is 4.98 Å². The summed E-state index contributed by atoms with van der Waals surface area (Å²) in [5.41, 5.74) is 8.71. The Balaban J connectivity index is 1.36. The van der Waals surface area contributed by atoms with Gasteiger partial charge < -0.3 is 4.90 Å². The normalized spacial score (nSPS) is 10.7. The molecule has 1 heterocycles. The lowest BCUT2D eigenvalue weighted by Crippen LogP contribution is -2.22. The molecule has 0 bridgehead atoms. The van der Waals surface area contributed by atoms with Crippen molar-refractivity contribution >= 4 is 5.69 Å². The van der Waals surface area contributed by atoms with Crippen LogP contribution in [0.25, 0.3) is 22.3 Å². The summed E-state index contributed by atoms with van der Waals surface area (Å²) in [6, 6.07) is 43.0. The first kappa shape index (κ1) is 20.7. The average Bonchev–Trinajstić information content (AvgIpc) is 2.91. The fourth-order valence-corrected chi connectivity index (χ4v) is 4.10. The first-order valence-corrected chi connectivity index (χ1v) is 11.3. The quantitative estimate of drug-likeness (QED) is 0.266. The van der Waals surface area contributed by atoms with Crippen LogP contribution in [0, 0.1) is 0 Å². The van der Waals surface area contributed by atoms with Gasteiger partial charge in [0.05, 0.1) is 0 Å². The molecule has 2 nitrogen and oxygen atoms in total. The molecule has 4 aromatic carbocycles. The van der Waals surface area contributed by atoms with Crippen LogP contribution in [0.1, 0.15) is 11.1 Å². The predicted octanol–water partition coefficient (Wildman–Crippen LogP) is 7.62. The molecule has 0 aliphatic rings. The molecule has 1 aromatic heterocycles. The van der Waals surface area contributed by atoms with E-state index in [4.69, 9.17) is 0 Å². The molecule has 0 unspecified atom stereocenters. The molecule has 0 N–H and O–H groups in total. The van der Waals surface area contributed by atoms with E-state index in [0.29, 0.717) is 0 Å². The molecule has 0 spiro atoms. The van der Waals surface area contributed by atoms with E-state index in [1.54, 1.807) is 0 Å². The Labute approximate surface area is 195 Å². The van der Waals surface area contributed by atoms with E-state index in [2.05, 4.69) is 131 Å². The second kappa shape index (κ2) is 9.97. The Morgan fingerprint density at radius 1 is 0.424 bits per heavy atom. The summed E-state index contributed by atoms with van der Waals surface area (Å²) >= 11 is 0. The molecule has 0 atom stereocenters. The van der Waals surface area contributed by atoms with Crippen LogP contribution >= 0.6 is 0 Å². The van der Waals surface area contributed by atoms with Gasteiger partial charge in [-0.1, -0.05) is 109 Å². The summed E-state index contributed by atoms with van der Waals surface area (Å²) in [7, 11) is 0. The van der Waals surface area contributed by atoms with E-state index >= 15 is 0 Å². The SMILES string of the molecule is c1ccc(-c2ccc(CN(Cc3ccc(-c4ccccc4)cc3)c3ccncc3)cc2)cc1. The van der Waals surface area contributed by atoms with Crippen molar-refractivity contribution in [3.05, 3.63) is 145 Å². The number of pyridine rings is 1. The zero-order chi connectivity index (χ0) is 22.3. The number of anilines is 1. The standard InChI is InChI=1S/C31H26N2/c1-3-7-27(8-4-1)29-15-11-25(12-16-29)23-33(31-19-21-32-22-20-31)24-26-13-17-30(18-14-26)28-9-5-2-6-10-28/h1-22H,23-24H2. The topological polar surface area (TPSA) is 16.1 Å². The van der Waals surface area contributed by atoms with E-state index in [0.717, 1.165) is 13.1 Å². The monoisotopic (exact) mass is 426 g/mol. The Hall–Kier alpha value is -4.17. The van der Waals surface area contributed by atoms with Crippen LogP contribution in [0.15, 0.2) is 134 Å². The van der Waals surface area contributed by atoms with Crippen molar-refractivity contribution in [3.63, 3.8) is 0 Å². The molecule has 5 rings (SSSR count). The first-order chi connectivity index (χ1) is 16.3. The minimum absolute atomic E-state index is 0.833. The lowest BCUT2D eigenvalue weighted by Gasteiger charge is -2.25. The van der Waals surface area contributed by atoms with Crippen LogP contribution in [0.2, 0.25) is 0 Å². The smallest absolute Gasteiger partial charge is 0.0433 e. The summed E-state index contributed by atoms with van der Waals surface area (Å²) in [4.78, 5) is 6.61. The van der Waals surface area contributed by atoms with Gasteiger partial charge in [0, 0.05) is 31.2 Å². The number of hydrogen-bond acceptors (Lipinski definition) is 2. The number of benzene rings is 4. The maximum absolute atomic E-state index is 4.21. The molecule has 0 aliphatic heterocycles. The van der Waals surface area contributed by atoms with Crippen LogP contribution in [-0.2, 0) is 13.1 Å². The molecule has 0 saturated heterocycles. The molecule has 0 saturated carbocycles. The van der Waals surface area contributed by atoms with Crippen molar-refractivity contribution in [1.29, 1.82) is 0 Å². The lowest BCUT2D eigenvalue weighted by molar-refractivity contribution is 0.799. The van der Waals surface area contributed by atoms with Gasteiger partial charge in [0.2, 0.25) is 0 Å². The highest BCUT2D eigenvalue weighted by Crippen LogP contribution is 2.24. The van der Waals surface area contributed by atoms with E-state index < -0.39 is 0 Å². The third kappa shape index (κ3) is 5.19. The van der Waals surface area contributed by atoms with Gasteiger partial charge in [0.25, 0.3) is 0 Å². The third-order valence-electron chi connectivity index (χ3n) is 5.90. The second-order valence-corrected chi connectivity index (χ2v) is 8.19. The second-order valence-electron chi connectivity index (χ2n) is 8.19. The fourth-order valence-electron chi connectivity index (χ4n) is 4.10. The Morgan fingerprint density at radius 3 is 1.24 bits per heavy atom. The van der Waals surface area contributed by atoms with Crippen molar-refractivity contribution in [3.8, 4) is 22.3 Å². The molecule has 5 aromatic rings. The molecule has 0 fully saturated rings. The Bertz CT molecular complexity index is 1180. The van der Waals surface area contributed by atoms with E-state index in [1.165, 1.54) is 39.1 Å². The summed E-state index contributed by atoms with van der Waals surface area (Å²) < 4.78 is 0. The van der Waals surface area contributed by atoms with E-state index in [-0.39, 0.29) is 0 Å². The highest BCUT2D eigenvalue weighted by Gasteiger charge is 2.10. The first-order valence-electron chi connectivity index (χ1n) is 11.3. The number of nitrogens with zero attached hydrogens (tertiary/aromatic N) is 2. The zero-order valence-electron chi connectivity index (χ0n) is 18.5. The predicted molar refractivity (Wildman–Crippen MR) is 138 cm³/mol. The van der Waals surface area contributed by atoms with Gasteiger partial charge in [-0.2, -0.15) is 0 Å². The minimum atomic E-state index is 0.833. The van der Waals surface area contributed by atoms with Gasteiger partial charge in [0.15, 0.2) is 0 Å². The maximum atomic E-state index is 4.21. The molecule has 160 valence electrons. The average molecular weight is 427 g/mol. The van der Waals surface area contributed by atoms with Crippen molar-refractivity contribution in [1.82, 2.24) is 4.98 Å². The summed E-state index contributed by atoms with van der Waals surface area (Å²) in [6.45, 7) is 1.67. The summed E-state index contributed by atoms with van der Waals surface area (Å²) in [5, 5.41) is 0. The van der Waals surface area contributed by atoms with Gasteiger partial charge in [-0.3, -0.25) is 4.98 Å². The van der Waals surface area contributed by atoms with Crippen molar-refractivity contribution in [2.45, 2.75) is 13.1 Å². The third-order valence-corrected chi connectivity index (χ3v) is 5.90. The molecule has 33 heavy (non-hydrogen) atoms. The fraction of sp³-hybridized carbons (Fsp3) is 0.0645.